The molecule has 0 saturated carbocycles. The van der Waals surface area contributed by atoms with Gasteiger partial charge < -0.3 is 19.6 Å². The molecule has 5 rings (SSSR count). The monoisotopic (exact) mass is 1130 g/mol. The van der Waals surface area contributed by atoms with Gasteiger partial charge in [0.05, 0.1) is 17.9 Å². The number of rotatable bonds is 5. The maximum Gasteiger partial charge on any atom is 0.410 e. The first-order valence-corrected chi connectivity index (χ1v) is 34.9. The van der Waals surface area contributed by atoms with Crippen LogP contribution in [-0.4, -0.2) is 53.3 Å². The molecule has 8 heteroatoms. The minimum Gasteiger partial charge on any atom is -0.478 e. The van der Waals surface area contributed by atoms with E-state index in [1.807, 2.05) is 59.5 Å². The number of nitrogens with zero attached hydrogens (tertiary/aromatic N) is 3. The quantitative estimate of drug-likeness (QED) is 0.274. The molecule has 2 aliphatic rings. The average molecular weight is 1130 g/mol. The predicted molar refractivity (Wildman–Crippen MR) is 347 cm³/mol. The summed E-state index contributed by atoms with van der Waals surface area (Å²) in [5, 5.41) is 10.3. The van der Waals surface area contributed by atoms with Crippen LogP contribution in [0.15, 0.2) is 84.9 Å². The van der Waals surface area contributed by atoms with Gasteiger partial charge in [-0.2, -0.15) is 0 Å². The Kier molecular flexibility index (Phi) is 37.6. The number of carbonyl (C=O) groups is 3. The number of hydrogen-bond donors (Lipinski definition) is 1. The van der Waals surface area contributed by atoms with Crippen LogP contribution in [0, 0.1) is 0 Å². The second-order valence-electron chi connectivity index (χ2n) is 25.3. The van der Waals surface area contributed by atoms with Crippen LogP contribution in [-0.2, 0) is 16.1 Å². The molecule has 2 saturated heterocycles. The zero-order valence-corrected chi connectivity index (χ0v) is 52.3. The highest BCUT2D eigenvalue weighted by Gasteiger charge is 2.53. The van der Waals surface area contributed by atoms with Crippen LogP contribution in [0.25, 0.3) is 0 Å². The van der Waals surface area contributed by atoms with E-state index in [2.05, 4.69) is 17.0 Å². The van der Waals surface area contributed by atoms with Gasteiger partial charge in [-0.25, -0.2) is 9.59 Å². The first kappa shape index (κ1) is 68.5. The fraction of sp³-hybridized carbons (Fsp3) is 0.716. The lowest BCUT2D eigenvalue weighted by atomic mass is 9.85. The molecule has 2 fully saturated rings. The third kappa shape index (κ3) is 28.5. The van der Waals surface area contributed by atoms with E-state index in [-0.39, 0.29) is 30.8 Å². The molecule has 3 aromatic rings. The Labute approximate surface area is 502 Å². The maximum atomic E-state index is 15.4. The van der Waals surface area contributed by atoms with Crippen molar-refractivity contribution in [2.24, 2.45) is 0 Å². The van der Waals surface area contributed by atoms with Crippen molar-refractivity contribution in [2.45, 2.75) is 320 Å². The molecule has 1 spiro atoms. The molecule has 8 nitrogen and oxygen atoms in total. The smallest absolute Gasteiger partial charge is 0.410 e. The van der Waals surface area contributed by atoms with Gasteiger partial charge in [0.1, 0.15) is 12.1 Å². The van der Waals surface area contributed by atoms with Gasteiger partial charge in [0, 0.05) is 18.8 Å². The maximum absolute atomic E-state index is 15.4. The molecule has 460 valence electrons. The Morgan fingerprint density at radius 2 is 0.720 bits per heavy atom. The normalized spacial score (nSPS) is 22.0. The number of carboxylic acid groups (broad SMARTS) is 1. The van der Waals surface area contributed by atoms with Crippen molar-refractivity contribution in [1.29, 1.82) is 0 Å². The van der Waals surface area contributed by atoms with Crippen LogP contribution in [0.4, 0.5) is 16.2 Å². The zero-order chi connectivity index (χ0) is 57.6. The molecule has 1 unspecified atom stereocenters. The summed E-state index contributed by atoms with van der Waals surface area (Å²) in [6, 6.07) is 26.9. The Balaban J connectivity index is 1.15. The van der Waals surface area contributed by atoms with Crippen molar-refractivity contribution in [3.63, 3.8) is 0 Å². The number of carboxylic acids is 1. The number of para-hydroxylation sites is 2. The van der Waals surface area contributed by atoms with Gasteiger partial charge >= 0.3 is 12.1 Å². The van der Waals surface area contributed by atoms with Crippen LogP contribution in [0.2, 0.25) is 0 Å². The van der Waals surface area contributed by atoms with Crippen LogP contribution in [0.1, 0.15) is 324 Å². The van der Waals surface area contributed by atoms with Crippen LogP contribution < -0.4 is 9.80 Å². The van der Waals surface area contributed by atoms with Crippen molar-refractivity contribution in [2.75, 3.05) is 29.6 Å². The second kappa shape index (κ2) is 45.1. The third-order valence-corrected chi connectivity index (χ3v) is 18.5. The molecule has 2 heterocycles. The molecule has 1 atom stereocenters. The van der Waals surface area contributed by atoms with Crippen molar-refractivity contribution in [1.82, 2.24) is 4.90 Å². The standard InChI is InChI=1S/C74H119N3O5/c78-71(79)69-59-51-52-60-70(69)76-66-77(68-57-49-46-50-58-68)74(72(76)80)61-53-43-41-39-37-35-33-31-29-27-25-23-21-19-17-15-13-11-9-7-5-3-1-2-4-6-8-10-12-14-16-18-20-22-24-26-28-30-32-34-36-38-40-42-44-54-63-75(64-62-74)73(81)82-65-67-55-47-45-48-56-67/h45-52,55-60H,1-44,53-54,61-66H2,(H,78,79). The van der Waals surface area contributed by atoms with Crippen LogP contribution in [0.3, 0.4) is 0 Å². The van der Waals surface area contributed by atoms with Crippen LogP contribution >= 0.6 is 0 Å². The van der Waals surface area contributed by atoms with Gasteiger partial charge in [0.25, 0.3) is 5.91 Å². The SMILES string of the molecule is O=C(O)c1ccccc1N1CN(c2ccccc2)C2(CCCCCCCCCCCCCCCCCCCCCCCCCCCCCCCCCCCCCCCCCCCCCCCCN(C(=O)OCc3ccccc3)CC2)C1=O. The lowest BCUT2D eigenvalue weighted by Gasteiger charge is -2.38. The van der Waals surface area contributed by atoms with Gasteiger partial charge in [-0.05, 0) is 49.1 Å². The fourth-order valence-electron chi connectivity index (χ4n) is 13.3. The first-order chi connectivity index (χ1) is 40.5. The number of aromatic carboxylic acids is 1. The molecular weight excluding hydrogens is 1010 g/mol. The Bertz CT molecular complexity index is 2050. The topological polar surface area (TPSA) is 90.4 Å². The van der Waals surface area contributed by atoms with E-state index < -0.39 is 11.5 Å². The van der Waals surface area contributed by atoms with E-state index in [0.717, 1.165) is 49.8 Å². The highest BCUT2D eigenvalue weighted by molar-refractivity contribution is 6.09. The summed E-state index contributed by atoms with van der Waals surface area (Å²) >= 11 is 0. The summed E-state index contributed by atoms with van der Waals surface area (Å²) in [5.41, 5.74) is 1.39. The highest BCUT2D eigenvalue weighted by Crippen LogP contribution is 2.42. The van der Waals surface area contributed by atoms with Crippen molar-refractivity contribution >= 4 is 29.3 Å². The largest absolute Gasteiger partial charge is 0.478 e. The molecule has 3 aromatic carbocycles. The van der Waals surface area contributed by atoms with Crippen molar-refractivity contribution in [3.05, 3.63) is 96.1 Å². The molecule has 2 aliphatic heterocycles. The number of hydrogen-bond acceptors (Lipinski definition) is 5. The van der Waals surface area contributed by atoms with Crippen molar-refractivity contribution < 1.29 is 24.2 Å². The number of carbonyl (C=O) groups excluding carboxylic acids is 2. The van der Waals surface area contributed by atoms with Crippen molar-refractivity contribution in [3.8, 4) is 0 Å². The molecule has 2 amide bonds. The lowest BCUT2D eigenvalue weighted by Crippen LogP contribution is -2.52. The Morgan fingerprint density at radius 1 is 0.390 bits per heavy atom. The van der Waals surface area contributed by atoms with E-state index in [1.54, 1.807) is 23.1 Å². The summed E-state index contributed by atoms with van der Waals surface area (Å²) in [6.07, 6.45) is 62.6. The third-order valence-electron chi connectivity index (χ3n) is 18.5. The van der Waals surface area contributed by atoms with Gasteiger partial charge in [-0.15, -0.1) is 0 Å². The summed E-state index contributed by atoms with van der Waals surface area (Å²) < 4.78 is 6.03. The van der Waals surface area contributed by atoms with Gasteiger partial charge in [0.15, 0.2) is 0 Å². The van der Waals surface area contributed by atoms with E-state index in [4.69, 9.17) is 4.74 Å². The molecule has 0 aliphatic carbocycles. The fourth-order valence-corrected chi connectivity index (χ4v) is 13.3. The lowest BCUT2D eigenvalue weighted by molar-refractivity contribution is -0.122. The van der Waals surface area contributed by atoms with E-state index >= 15 is 4.79 Å². The van der Waals surface area contributed by atoms with E-state index in [9.17, 15) is 14.7 Å². The molecule has 1 N–H and O–H groups in total. The summed E-state index contributed by atoms with van der Waals surface area (Å²) in [6.45, 7) is 1.34. The minimum absolute atomic E-state index is 0.100. The van der Waals surface area contributed by atoms with E-state index in [1.165, 1.54) is 257 Å². The average Bonchev–Trinajstić information content (AvgIpc) is 4.03. The summed E-state index contributed by atoms with van der Waals surface area (Å²) in [5.74, 6) is -1.16. The van der Waals surface area contributed by atoms with Crippen LogP contribution in [0.5, 0.6) is 0 Å². The first-order valence-electron chi connectivity index (χ1n) is 34.9. The zero-order valence-electron chi connectivity index (χ0n) is 52.3. The summed E-state index contributed by atoms with van der Waals surface area (Å²) in [4.78, 5) is 48.0. The van der Waals surface area contributed by atoms with E-state index in [0.29, 0.717) is 31.6 Å². The van der Waals surface area contributed by atoms with Gasteiger partial charge in [0.2, 0.25) is 0 Å². The number of ether oxygens (including phenoxy) is 1. The molecule has 82 heavy (non-hydrogen) atoms. The Morgan fingerprint density at radius 3 is 1.10 bits per heavy atom. The number of anilines is 2. The number of amides is 2. The molecule has 0 bridgehead atoms. The predicted octanol–water partition coefficient (Wildman–Crippen LogP) is 22.3. The minimum atomic E-state index is -1.06. The molecule has 0 aromatic heterocycles. The molecule has 0 radical (unpaired) electrons. The van der Waals surface area contributed by atoms with Gasteiger partial charge in [-0.1, -0.05) is 350 Å². The van der Waals surface area contributed by atoms with Gasteiger partial charge in [-0.3, -0.25) is 9.69 Å². The highest BCUT2D eigenvalue weighted by atomic mass is 16.6. The summed E-state index contributed by atoms with van der Waals surface area (Å²) in [7, 11) is 0. The Hall–Kier alpha value is -4.33. The second-order valence-corrected chi connectivity index (χ2v) is 25.3. The molecular formula is C74H119N3O5. The number of benzene rings is 3.